The van der Waals surface area contributed by atoms with E-state index >= 15 is 0 Å². The lowest BCUT2D eigenvalue weighted by Gasteiger charge is -2.27. The van der Waals surface area contributed by atoms with Crippen LogP contribution in [0.3, 0.4) is 0 Å². The zero-order valence-corrected chi connectivity index (χ0v) is 17.5. The quantitative estimate of drug-likeness (QED) is 0.716. The molecule has 1 saturated heterocycles. The predicted octanol–water partition coefficient (Wildman–Crippen LogP) is 2.93. The highest BCUT2D eigenvalue weighted by molar-refractivity contribution is 5.99. The summed E-state index contributed by atoms with van der Waals surface area (Å²) in [5.41, 5.74) is 1.80. The molecule has 2 aromatic carbocycles. The van der Waals surface area contributed by atoms with Gasteiger partial charge >= 0.3 is 0 Å². The predicted molar refractivity (Wildman–Crippen MR) is 116 cm³/mol. The van der Waals surface area contributed by atoms with Crippen molar-refractivity contribution in [2.75, 3.05) is 26.3 Å². The van der Waals surface area contributed by atoms with E-state index in [1.165, 1.54) is 6.07 Å². The second-order valence-electron chi connectivity index (χ2n) is 7.63. The summed E-state index contributed by atoms with van der Waals surface area (Å²) in [7, 11) is 0. The molecule has 4 rings (SSSR count). The molecule has 1 atom stereocenters. The normalized spacial score (nSPS) is 18.5. The van der Waals surface area contributed by atoms with Crippen molar-refractivity contribution in [1.82, 2.24) is 10.2 Å². The first-order valence-corrected chi connectivity index (χ1v) is 10.4. The third-order valence-electron chi connectivity index (χ3n) is 5.25. The number of carbonyl (C=O) groups excluding carboxylic acids is 1. The van der Waals surface area contributed by atoms with Crippen LogP contribution in [0.15, 0.2) is 46.6 Å². The lowest BCUT2D eigenvalue weighted by Crippen LogP contribution is -2.37. The summed E-state index contributed by atoms with van der Waals surface area (Å²) in [6, 6.07) is 8.77. The fraction of sp³-hybridized carbons (Fsp3) is 0.348. The van der Waals surface area contributed by atoms with E-state index in [-0.39, 0.29) is 18.6 Å². The average Bonchev–Trinajstić information content (AvgIpc) is 2.81. The highest BCUT2D eigenvalue weighted by Gasteiger charge is 2.19. The van der Waals surface area contributed by atoms with E-state index in [1.54, 1.807) is 24.6 Å². The first-order valence-electron chi connectivity index (χ1n) is 10.4. The zero-order chi connectivity index (χ0) is 22.3. The second-order valence-corrected chi connectivity index (χ2v) is 7.63. The number of amides is 1. The topological polar surface area (TPSA) is 75.5 Å². The lowest BCUT2D eigenvalue weighted by atomic mass is 10.1. The second kappa shape index (κ2) is 10.4. The molecule has 2 aliphatic rings. The van der Waals surface area contributed by atoms with Crippen LogP contribution in [-0.2, 0) is 17.9 Å². The van der Waals surface area contributed by atoms with E-state index in [1.807, 2.05) is 6.07 Å². The van der Waals surface area contributed by atoms with E-state index in [0.717, 1.165) is 30.8 Å². The van der Waals surface area contributed by atoms with Gasteiger partial charge in [-0.25, -0.2) is 8.78 Å². The van der Waals surface area contributed by atoms with Gasteiger partial charge in [-0.05, 0) is 35.4 Å². The van der Waals surface area contributed by atoms with Crippen molar-refractivity contribution in [3.05, 3.63) is 64.7 Å². The average molecular weight is 442 g/mol. The van der Waals surface area contributed by atoms with E-state index in [9.17, 15) is 13.6 Å². The van der Waals surface area contributed by atoms with Crippen molar-refractivity contribution >= 4 is 18.3 Å². The molecule has 0 aromatic heterocycles. The zero-order valence-electron chi connectivity index (χ0n) is 17.5. The van der Waals surface area contributed by atoms with Gasteiger partial charge in [0.05, 0.1) is 24.8 Å². The fourth-order valence-electron chi connectivity index (χ4n) is 3.52. The molecular formula is C23H24F2N4O3. The van der Waals surface area contributed by atoms with Crippen molar-refractivity contribution < 1.29 is 23.0 Å². The molecule has 0 saturated carbocycles. The van der Waals surface area contributed by atoms with E-state index < -0.39 is 11.6 Å². The fourth-order valence-corrected chi connectivity index (χ4v) is 3.52. The molecule has 1 fully saturated rings. The number of rotatable bonds is 7. The third-order valence-corrected chi connectivity index (χ3v) is 5.25. The number of morpholine rings is 1. The molecule has 2 aromatic rings. The van der Waals surface area contributed by atoms with Crippen molar-refractivity contribution in [2.24, 2.45) is 10.2 Å². The molecule has 2 aliphatic heterocycles. The largest absolute Gasteiger partial charge is 0.488 e. The van der Waals surface area contributed by atoms with Gasteiger partial charge in [-0.1, -0.05) is 12.1 Å². The number of ether oxygens (including phenoxy) is 2. The van der Waals surface area contributed by atoms with Crippen molar-refractivity contribution in [1.29, 1.82) is 0 Å². The Balaban J connectivity index is 1.52. The lowest BCUT2D eigenvalue weighted by molar-refractivity contribution is 0.0341. The van der Waals surface area contributed by atoms with Crippen LogP contribution in [0.1, 0.15) is 27.9 Å². The Morgan fingerprint density at radius 1 is 1.09 bits per heavy atom. The minimum Gasteiger partial charge on any atom is -0.488 e. The minimum absolute atomic E-state index is 0.00215. The molecule has 0 radical (unpaired) electrons. The van der Waals surface area contributed by atoms with Crippen LogP contribution in [-0.4, -0.2) is 55.6 Å². The van der Waals surface area contributed by atoms with Crippen LogP contribution in [0.4, 0.5) is 8.78 Å². The van der Waals surface area contributed by atoms with Gasteiger partial charge in [-0.15, -0.1) is 0 Å². The van der Waals surface area contributed by atoms with Gasteiger partial charge in [0.15, 0.2) is 11.6 Å². The van der Waals surface area contributed by atoms with Crippen molar-refractivity contribution in [2.45, 2.75) is 25.6 Å². The van der Waals surface area contributed by atoms with Crippen molar-refractivity contribution in [3.63, 3.8) is 0 Å². The maximum atomic E-state index is 13.5. The molecule has 7 nitrogen and oxygen atoms in total. The summed E-state index contributed by atoms with van der Waals surface area (Å²) in [5, 5.41) is 10.5. The molecular weight excluding hydrogens is 418 g/mol. The summed E-state index contributed by atoms with van der Waals surface area (Å²) in [6.45, 7) is 3.71. The highest BCUT2D eigenvalue weighted by atomic mass is 19.2. The first-order chi connectivity index (χ1) is 15.6. The van der Waals surface area contributed by atoms with Crippen LogP contribution < -0.4 is 10.1 Å². The molecule has 32 heavy (non-hydrogen) atoms. The van der Waals surface area contributed by atoms with E-state index in [0.29, 0.717) is 43.1 Å². The number of hydrogen-bond donors (Lipinski definition) is 1. The van der Waals surface area contributed by atoms with Crippen molar-refractivity contribution in [3.8, 4) is 5.75 Å². The Bertz CT molecular complexity index is 1020. The van der Waals surface area contributed by atoms with Gasteiger partial charge < -0.3 is 14.8 Å². The third kappa shape index (κ3) is 5.74. The highest BCUT2D eigenvalue weighted by Crippen LogP contribution is 2.23. The van der Waals surface area contributed by atoms with Crippen LogP contribution in [0.5, 0.6) is 5.75 Å². The molecule has 9 heteroatoms. The Kier molecular flexibility index (Phi) is 7.18. The Morgan fingerprint density at radius 3 is 2.66 bits per heavy atom. The minimum atomic E-state index is -0.942. The molecule has 0 aliphatic carbocycles. The van der Waals surface area contributed by atoms with Gasteiger partial charge in [0.25, 0.3) is 5.91 Å². The SMILES string of the molecule is O=C(NC1C=NN=CC1)c1cc(CN2CCOCC2)ccc1OCc1ccc(F)c(F)c1. The van der Waals surface area contributed by atoms with Gasteiger partial charge in [-0.2, -0.15) is 10.2 Å². The number of hydrogen-bond acceptors (Lipinski definition) is 6. The molecule has 1 amide bonds. The van der Waals surface area contributed by atoms with Crippen LogP contribution in [0.25, 0.3) is 0 Å². The standard InChI is InChI=1S/C23H24F2N4O3/c24-20-3-1-17(12-21(20)25)15-32-22-4-2-16(14-29-7-9-31-10-8-29)11-19(22)23(30)28-18-5-6-26-27-13-18/h1-4,6,11-13,18H,5,7-10,14-15H2,(H,28,30). The molecule has 0 spiro atoms. The maximum Gasteiger partial charge on any atom is 0.255 e. The van der Waals surface area contributed by atoms with E-state index in [4.69, 9.17) is 9.47 Å². The molecule has 2 heterocycles. The number of nitrogens with zero attached hydrogens (tertiary/aromatic N) is 3. The molecule has 168 valence electrons. The van der Waals surface area contributed by atoms with E-state index in [2.05, 4.69) is 20.4 Å². The summed E-state index contributed by atoms with van der Waals surface area (Å²) in [6.07, 6.45) is 3.77. The van der Waals surface area contributed by atoms with Gasteiger partial charge in [0, 0.05) is 38.5 Å². The van der Waals surface area contributed by atoms with Crippen LogP contribution in [0.2, 0.25) is 0 Å². The number of benzene rings is 2. The number of nitrogens with one attached hydrogen (secondary N) is 1. The van der Waals surface area contributed by atoms with Crippen LogP contribution >= 0.6 is 0 Å². The van der Waals surface area contributed by atoms with Crippen LogP contribution in [0, 0.1) is 11.6 Å². The Morgan fingerprint density at radius 2 is 1.91 bits per heavy atom. The summed E-state index contributed by atoms with van der Waals surface area (Å²) in [5.74, 6) is -1.80. The molecule has 0 bridgehead atoms. The first kappa shape index (κ1) is 22.0. The molecule has 1 unspecified atom stereocenters. The molecule has 1 N–H and O–H groups in total. The summed E-state index contributed by atoms with van der Waals surface area (Å²) < 4.78 is 37.9. The van der Waals surface area contributed by atoms with Gasteiger partial charge in [0.2, 0.25) is 0 Å². The smallest absolute Gasteiger partial charge is 0.255 e. The van der Waals surface area contributed by atoms with Gasteiger partial charge in [0.1, 0.15) is 12.4 Å². The Labute approximate surface area is 184 Å². The van der Waals surface area contributed by atoms with Gasteiger partial charge in [-0.3, -0.25) is 9.69 Å². The maximum absolute atomic E-state index is 13.5. The number of carbonyl (C=O) groups is 1. The Hall–Kier alpha value is -3.17. The number of halogens is 2. The monoisotopic (exact) mass is 442 g/mol. The summed E-state index contributed by atoms with van der Waals surface area (Å²) in [4.78, 5) is 15.3. The summed E-state index contributed by atoms with van der Waals surface area (Å²) >= 11 is 0.